The van der Waals surface area contributed by atoms with Crippen molar-refractivity contribution in [3.63, 3.8) is 0 Å². The van der Waals surface area contributed by atoms with E-state index in [0.717, 1.165) is 5.69 Å². The molecule has 6 heteroatoms. The predicted octanol–water partition coefficient (Wildman–Crippen LogP) is 3.38. The largest absolute Gasteiger partial charge is 0.462 e. The van der Waals surface area contributed by atoms with E-state index in [2.05, 4.69) is 0 Å². The summed E-state index contributed by atoms with van der Waals surface area (Å²) in [4.78, 5) is 26.4. The molecule has 2 heterocycles. The van der Waals surface area contributed by atoms with E-state index in [4.69, 9.17) is 16.3 Å². The number of carbonyl (C=O) groups excluding carboxylic acids is 2. The van der Waals surface area contributed by atoms with Gasteiger partial charge in [0.2, 0.25) is 0 Å². The number of hydrogen-bond acceptors (Lipinski definition) is 4. The predicted molar refractivity (Wildman–Crippen MR) is 87.7 cm³/mol. The van der Waals surface area contributed by atoms with Gasteiger partial charge in [0.1, 0.15) is 0 Å². The van der Waals surface area contributed by atoms with Crippen molar-refractivity contribution in [3.8, 4) is 0 Å². The van der Waals surface area contributed by atoms with Crippen molar-refractivity contribution in [2.75, 3.05) is 11.5 Å². The fourth-order valence-corrected chi connectivity index (χ4v) is 3.91. The zero-order chi connectivity index (χ0) is 15.7. The molecule has 22 heavy (non-hydrogen) atoms. The average molecular weight is 336 g/mol. The zero-order valence-corrected chi connectivity index (χ0v) is 13.4. The Morgan fingerprint density at radius 2 is 2.09 bits per heavy atom. The van der Waals surface area contributed by atoms with Crippen molar-refractivity contribution in [3.05, 3.63) is 52.4 Å². The Hall–Kier alpha value is -1.72. The standard InChI is InChI=1S/C16H14ClNO3S/c1-2-21-16(20)13-9-10-3-8-14(19)18(15(10)22-13)12-6-4-11(17)5-7-12/h3-10,15H,2H2,1H3. The van der Waals surface area contributed by atoms with Gasteiger partial charge in [0.05, 0.1) is 16.9 Å². The van der Waals surface area contributed by atoms with E-state index in [9.17, 15) is 9.59 Å². The summed E-state index contributed by atoms with van der Waals surface area (Å²) in [5, 5.41) is 0.447. The fourth-order valence-electron chi connectivity index (χ4n) is 2.47. The lowest BCUT2D eigenvalue weighted by Gasteiger charge is -2.33. The first-order chi connectivity index (χ1) is 10.6. The number of hydrogen-bond donors (Lipinski definition) is 0. The van der Waals surface area contributed by atoms with Crippen LogP contribution in [0.5, 0.6) is 0 Å². The minimum atomic E-state index is -0.334. The number of nitrogens with zero attached hydrogens (tertiary/aromatic N) is 1. The molecule has 0 bridgehead atoms. The number of anilines is 1. The Morgan fingerprint density at radius 1 is 1.36 bits per heavy atom. The van der Waals surface area contributed by atoms with Gasteiger partial charge < -0.3 is 4.74 Å². The monoisotopic (exact) mass is 335 g/mol. The maximum atomic E-state index is 12.3. The first-order valence-corrected chi connectivity index (χ1v) is 8.18. The van der Waals surface area contributed by atoms with Gasteiger partial charge in [-0.15, -0.1) is 0 Å². The summed E-state index contributed by atoms with van der Waals surface area (Å²) in [5.74, 6) is -0.439. The topological polar surface area (TPSA) is 46.6 Å². The van der Waals surface area contributed by atoms with Gasteiger partial charge in [0.15, 0.2) is 0 Å². The molecule has 0 aromatic heterocycles. The highest BCUT2D eigenvalue weighted by Crippen LogP contribution is 2.43. The number of fused-ring (bicyclic) bond motifs is 1. The van der Waals surface area contributed by atoms with Crippen LogP contribution in [0.25, 0.3) is 0 Å². The van der Waals surface area contributed by atoms with Crippen molar-refractivity contribution < 1.29 is 14.3 Å². The lowest BCUT2D eigenvalue weighted by Crippen LogP contribution is -2.42. The molecule has 1 aromatic carbocycles. The third-order valence-electron chi connectivity index (χ3n) is 3.46. The second-order valence-electron chi connectivity index (χ2n) is 4.88. The Bertz CT molecular complexity index is 668. The highest BCUT2D eigenvalue weighted by molar-refractivity contribution is 8.05. The van der Waals surface area contributed by atoms with Crippen molar-refractivity contribution in [2.24, 2.45) is 5.92 Å². The first kappa shape index (κ1) is 15.2. The smallest absolute Gasteiger partial charge is 0.344 e. The van der Waals surface area contributed by atoms with Crippen LogP contribution in [-0.2, 0) is 14.3 Å². The van der Waals surface area contributed by atoms with Gasteiger partial charge >= 0.3 is 5.97 Å². The summed E-state index contributed by atoms with van der Waals surface area (Å²) in [6, 6.07) is 7.10. The van der Waals surface area contributed by atoms with Crippen molar-refractivity contribution >= 4 is 40.9 Å². The molecule has 0 N–H and O–H groups in total. The molecule has 3 rings (SSSR count). The van der Waals surface area contributed by atoms with E-state index in [1.54, 1.807) is 42.2 Å². The molecule has 1 amide bonds. The number of esters is 1. The summed E-state index contributed by atoms with van der Waals surface area (Å²) in [6.07, 6.45) is 5.23. The molecular formula is C16H14ClNO3S. The molecule has 0 spiro atoms. The molecule has 4 nitrogen and oxygen atoms in total. The Balaban J connectivity index is 1.87. The normalized spacial score (nSPS) is 23.3. The number of rotatable bonds is 3. The molecule has 0 saturated carbocycles. The SMILES string of the molecule is CCOC(=O)C1=CC2C=CC(=O)N(c3ccc(Cl)cc3)C2S1. The number of amides is 1. The van der Waals surface area contributed by atoms with Gasteiger partial charge in [-0.3, -0.25) is 9.69 Å². The zero-order valence-electron chi connectivity index (χ0n) is 11.9. The molecule has 2 atom stereocenters. The van der Waals surface area contributed by atoms with Gasteiger partial charge in [-0.25, -0.2) is 4.79 Å². The van der Waals surface area contributed by atoms with E-state index in [0.29, 0.717) is 16.5 Å². The Kier molecular flexibility index (Phi) is 4.27. The average Bonchev–Trinajstić information content (AvgIpc) is 2.93. The van der Waals surface area contributed by atoms with Crippen LogP contribution in [0.2, 0.25) is 5.02 Å². The molecule has 0 saturated heterocycles. The molecule has 0 radical (unpaired) electrons. The van der Waals surface area contributed by atoms with E-state index in [-0.39, 0.29) is 23.2 Å². The highest BCUT2D eigenvalue weighted by Gasteiger charge is 2.39. The Morgan fingerprint density at radius 3 is 2.77 bits per heavy atom. The summed E-state index contributed by atoms with van der Waals surface area (Å²) < 4.78 is 5.04. The van der Waals surface area contributed by atoms with E-state index in [1.165, 1.54) is 11.8 Å². The van der Waals surface area contributed by atoms with E-state index in [1.807, 2.05) is 12.2 Å². The van der Waals surface area contributed by atoms with Gasteiger partial charge in [0.25, 0.3) is 5.91 Å². The molecule has 2 unspecified atom stereocenters. The third-order valence-corrected chi connectivity index (χ3v) is 5.03. The van der Waals surface area contributed by atoms with Gasteiger partial charge in [-0.2, -0.15) is 0 Å². The minimum absolute atomic E-state index is 0.00205. The molecule has 2 aliphatic rings. The van der Waals surface area contributed by atoms with Crippen LogP contribution in [0.1, 0.15) is 6.92 Å². The second kappa shape index (κ2) is 6.18. The molecule has 114 valence electrons. The van der Waals surface area contributed by atoms with Crippen LogP contribution in [0, 0.1) is 5.92 Å². The molecule has 0 aliphatic carbocycles. The van der Waals surface area contributed by atoms with Crippen molar-refractivity contribution in [1.82, 2.24) is 0 Å². The maximum Gasteiger partial charge on any atom is 0.344 e. The molecule has 2 aliphatic heterocycles. The Labute approximate surface area is 137 Å². The number of carbonyl (C=O) groups is 2. The third kappa shape index (κ3) is 2.78. The molecule has 1 aromatic rings. The summed E-state index contributed by atoms with van der Waals surface area (Å²) in [7, 11) is 0. The van der Waals surface area contributed by atoms with Crippen LogP contribution < -0.4 is 4.90 Å². The van der Waals surface area contributed by atoms with Crippen LogP contribution in [0.4, 0.5) is 5.69 Å². The minimum Gasteiger partial charge on any atom is -0.462 e. The highest BCUT2D eigenvalue weighted by atomic mass is 35.5. The number of ether oxygens (including phenoxy) is 1. The van der Waals surface area contributed by atoms with Gasteiger partial charge in [0, 0.05) is 22.7 Å². The van der Waals surface area contributed by atoms with Crippen LogP contribution >= 0.6 is 23.4 Å². The van der Waals surface area contributed by atoms with Crippen LogP contribution in [0.15, 0.2) is 47.4 Å². The van der Waals surface area contributed by atoms with E-state index >= 15 is 0 Å². The molecular weight excluding hydrogens is 322 g/mol. The van der Waals surface area contributed by atoms with Crippen LogP contribution in [0.3, 0.4) is 0 Å². The fraction of sp³-hybridized carbons (Fsp3) is 0.250. The number of thioether (sulfide) groups is 1. The number of halogens is 1. The quantitative estimate of drug-likeness (QED) is 0.794. The first-order valence-electron chi connectivity index (χ1n) is 6.92. The van der Waals surface area contributed by atoms with Crippen molar-refractivity contribution in [1.29, 1.82) is 0 Å². The maximum absolute atomic E-state index is 12.3. The van der Waals surface area contributed by atoms with E-state index < -0.39 is 0 Å². The lowest BCUT2D eigenvalue weighted by atomic mass is 10.0. The number of benzene rings is 1. The van der Waals surface area contributed by atoms with Gasteiger partial charge in [-0.1, -0.05) is 35.5 Å². The summed E-state index contributed by atoms with van der Waals surface area (Å²) in [5.41, 5.74) is 0.764. The lowest BCUT2D eigenvalue weighted by molar-refractivity contribution is -0.137. The summed E-state index contributed by atoms with van der Waals surface area (Å²) in [6.45, 7) is 2.11. The second-order valence-corrected chi connectivity index (χ2v) is 6.48. The molecule has 0 fully saturated rings. The summed E-state index contributed by atoms with van der Waals surface area (Å²) >= 11 is 7.26. The van der Waals surface area contributed by atoms with Crippen molar-refractivity contribution in [2.45, 2.75) is 12.3 Å². The van der Waals surface area contributed by atoms with Gasteiger partial charge in [-0.05, 0) is 31.2 Å². The van der Waals surface area contributed by atoms with Crippen LogP contribution in [-0.4, -0.2) is 23.9 Å².